The highest BCUT2D eigenvalue weighted by Crippen LogP contribution is 2.43. The Kier molecular flexibility index (Phi) is 6.69. The molecule has 1 saturated heterocycles. The van der Waals surface area contributed by atoms with Gasteiger partial charge < -0.3 is 14.6 Å². The summed E-state index contributed by atoms with van der Waals surface area (Å²) < 4.78 is 11.4. The van der Waals surface area contributed by atoms with E-state index in [0.717, 1.165) is 29.6 Å². The van der Waals surface area contributed by atoms with Crippen molar-refractivity contribution in [1.29, 1.82) is 0 Å². The lowest BCUT2D eigenvalue weighted by atomic mass is 9.85. The Morgan fingerprint density at radius 1 is 1.22 bits per heavy atom. The van der Waals surface area contributed by atoms with Crippen molar-refractivity contribution >= 4 is 11.8 Å². The Morgan fingerprint density at radius 2 is 1.89 bits per heavy atom. The van der Waals surface area contributed by atoms with Gasteiger partial charge in [-0.1, -0.05) is 11.6 Å². The van der Waals surface area contributed by atoms with Crippen LogP contribution in [0.1, 0.15) is 80.1 Å². The van der Waals surface area contributed by atoms with Crippen molar-refractivity contribution in [3.05, 3.63) is 22.8 Å². The number of Topliss-reactive ketones (excluding diaryl/α,β-unsaturated/α-hetero) is 1. The van der Waals surface area contributed by atoms with Crippen molar-refractivity contribution in [3.8, 4) is 0 Å². The van der Waals surface area contributed by atoms with Crippen LogP contribution in [-0.4, -0.2) is 40.3 Å². The van der Waals surface area contributed by atoms with Crippen LogP contribution < -0.4 is 0 Å². The molecule has 1 heterocycles. The molecule has 2 aliphatic rings. The van der Waals surface area contributed by atoms with E-state index in [1.165, 1.54) is 6.92 Å². The molecule has 0 aromatic rings. The lowest BCUT2D eigenvalue weighted by molar-refractivity contribution is -0.157. The molecule has 152 valence electrons. The fraction of sp³-hybridized carbons (Fsp3) is 0.727. The number of aliphatic hydroxyl groups excluding tert-OH is 1. The van der Waals surface area contributed by atoms with Crippen LogP contribution in [0.2, 0.25) is 0 Å². The molecule has 5 nitrogen and oxygen atoms in total. The van der Waals surface area contributed by atoms with E-state index in [4.69, 9.17) is 9.47 Å². The van der Waals surface area contributed by atoms with Gasteiger partial charge in [0.1, 0.15) is 17.3 Å². The van der Waals surface area contributed by atoms with E-state index in [1.807, 2.05) is 40.7 Å². The summed E-state index contributed by atoms with van der Waals surface area (Å²) in [5.74, 6) is -0.288. The molecule has 1 aliphatic carbocycles. The van der Waals surface area contributed by atoms with E-state index in [9.17, 15) is 14.7 Å². The predicted molar refractivity (Wildman–Crippen MR) is 104 cm³/mol. The molecule has 0 radical (unpaired) electrons. The first-order chi connectivity index (χ1) is 12.5. The number of ketones is 1. The zero-order valence-corrected chi connectivity index (χ0v) is 17.6. The molecular formula is C22H34O5. The smallest absolute Gasteiger partial charge is 0.303 e. The number of rotatable bonds is 1. The minimum absolute atomic E-state index is 0.0560. The maximum Gasteiger partial charge on any atom is 0.303 e. The summed E-state index contributed by atoms with van der Waals surface area (Å²) in [5.41, 5.74) is 1.51. The van der Waals surface area contributed by atoms with Crippen molar-refractivity contribution in [2.45, 2.75) is 103 Å². The highest BCUT2D eigenvalue weighted by molar-refractivity contribution is 6.01. The van der Waals surface area contributed by atoms with Gasteiger partial charge in [-0.3, -0.25) is 9.59 Å². The van der Waals surface area contributed by atoms with E-state index in [-0.39, 0.29) is 11.8 Å². The van der Waals surface area contributed by atoms with Gasteiger partial charge in [-0.05, 0) is 84.3 Å². The minimum atomic E-state index is -0.716. The van der Waals surface area contributed by atoms with Gasteiger partial charge in [-0.15, -0.1) is 0 Å². The first-order valence-electron chi connectivity index (χ1n) is 9.90. The number of aliphatic hydroxyl groups is 1. The van der Waals surface area contributed by atoms with Gasteiger partial charge >= 0.3 is 5.97 Å². The summed E-state index contributed by atoms with van der Waals surface area (Å²) in [6, 6.07) is 0. The summed E-state index contributed by atoms with van der Waals surface area (Å²) in [5, 5.41) is 10.5. The molecular weight excluding hydrogens is 344 g/mol. The van der Waals surface area contributed by atoms with E-state index >= 15 is 0 Å². The maximum absolute atomic E-state index is 13.0. The molecule has 0 spiro atoms. The molecule has 1 fully saturated rings. The molecule has 4 atom stereocenters. The Balaban J connectivity index is 2.30. The minimum Gasteiger partial charge on any atom is -0.460 e. The molecule has 0 aromatic carbocycles. The maximum atomic E-state index is 13.0. The molecule has 1 N–H and O–H groups in total. The van der Waals surface area contributed by atoms with Gasteiger partial charge in [0.25, 0.3) is 0 Å². The highest BCUT2D eigenvalue weighted by Gasteiger charge is 2.56. The second-order valence-corrected chi connectivity index (χ2v) is 8.74. The number of carbonyl (C=O) groups is 2. The van der Waals surface area contributed by atoms with Gasteiger partial charge in [0.05, 0.1) is 6.10 Å². The van der Waals surface area contributed by atoms with E-state index in [2.05, 4.69) is 0 Å². The van der Waals surface area contributed by atoms with Gasteiger partial charge in [-0.25, -0.2) is 0 Å². The molecule has 1 aliphatic heterocycles. The monoisotopic (exact) mass is 378 g/mol. The molecule has 5 heteroatoms. The topological polar surface area (TPSA) is 76.1 Å². The van der Waals surface area contributed by atoms with E-state index < -0.39 is 23.4 Å². The second kappa shape index (κ2) is 8.27. The molecule has 0 aromatic heterocycles. The number of epoxide rings is 1. The summed E-state index contributed by atoms with van der Waals surface area (Å²) in [6.07, 6.45) is 4.71. The Hall–Kier alpha value is -1.46. The third-order valence-electron chi connectivity index (χ3n) is 5.90. The van der Waals surface area contributed by atoms with Crippen LogP contribution >= 0.6 is 0 Å². The number of carbonyl (C=O) groups excluding carboxylic acids is 2. The van der Waals surface area contributed by atoms with Crippen LogP contribution in [0, 0.1) is 0 Å². The zero-order chi connectivity index (χ0) is 20.4. The standard InChI is InChI=1S/C22H34O5/c1-14(2)17-9-12-21(5,26-16(4)23)13-10-18(24)15(3)8-7-11-22(6)20(27-22)19(17)25/h8,18,20,24H,7,9-13H2,1-6H3/b15-8+/t18-,20+,21-,22+/m1/s1. The van der Waals surface area contributed by atoms with Crippen LogP contribution in [-0.2, 0) is 19.1 Å². The van der Waals surface area contributed by atoms with Crippen LogP contribution in [0.4, 0.5) is 0 Å². The third-order valence-corrected chi connectivity index (χ3v) is 5.90. The summed E-state index contributed by atoms with van der Waals surface area (Å²) in [7, 11) is 0. The fourth-order valence-electron chi connectivity index (χ4n) is 3.89. The normalized spacial score (nSPS) is 37.5. The van der Waals surface area contributed by atoms with Crippen molar-refractivity contribution in [1.82, 2.24) is 0 Å². The highest BCUT2D eigenvalue weighted by atomic mass is 16.6. The summed E-state index contributed by atoms with van der Waals surface area (Å²) in [6.45, 7) is 11.1. The van der Waals surface area contributed by atoms with Gasteiger partial charge in [0, 0.05) is 6.92 Å². The van der Waals surface area contributed by atoms with Crippen molar-refractivity contribution in [2.24, 2.45) is 0 Å². The average Bonchev–Trinajstić information content (AvgIpc) is 3.22. The Bertz CT molecular complexity index is 658. The average molecular weight is 379 g/mol. The van der Waals surface area contributed by atoms with E-state index in [1.54, 1.807) is 0 Å². The van der Waals surface area contributed by atoms with Crippen molar-refractivity contribution in [2.75, 3.05) is 0 Å². The molecule has 0 unspecified atom stereocenters. The van der Waals surface area contributed by atoms with Crippen LogP contribution in [0.25, 0.3) is 0 Å². The van der Waals surface area contributed by atoms with Gasteiger partial charge in [-0.2, -0.15) is 0 Å². The van der Waals surface area contributed by atoms with Crippen LogP contribution in [0.15, 0.2) is 22.8 Å². The molecule has 2 rings (SSSR count). The summed E-state index contributed by atoms with van der Waals surface area (Å²) in [4.78, 5) is 24.6. The molecule has 0 saturated carbocycles. The SMILES string of the molecule is CC(=O)O[C@]1(C)CCC(=C(C)C)C(=O)[C@@H]2O[C@@]2(C)CC/C=C(\C)[C@H](O)CC1. The number of esters is 1. The Morgan fingerprint density at radius 3 is 2.48 bits per heavy atom. The zero-order valence-electron chi connectivity index (χ0n) is 17.6. The first kappa shape index (κ1) is 21.8. The third kappa shape index (κ3) is 5.52. The second-order valence-electron chi connectivity index (χ2n) is 8.74. The lowest BCUT2D eigenvalue weighted by Gasteiger charge is -2.31. The number of hydrogen-bond acceptors (Lipinski definition) is 5. The summed E-state index contributed by atoms with van der Waals surface area (Å²) >= 11 is 0. The molecule has 0 bridgehead atoms. The quantitative estimate of drug-likeness (QED) is 0.323. The van der Waals surface area contributed by atoms with Crippen LogP contribution in [0.5, 0.6) is 0 Å². The number of fused-ring (bicyclic) bond motifs is 1. The molecule has 27 heavy (non-hydrogen) atoms. The number of allylic oxidation sites excluding steroid dienone is 2. The Labute approximate surface area is 162 Å². The van der Waals surface area contributed by atoms with Crippen LogP contribution in [0.3, 0.4) is 0 Å². The lowest BCUT2D eigenvalue weighted by Crippen LogP contribution is -2.33. The first-order valence-corrected chi connectivity index (χ1v) is 9.90. The van der Waals surface area contributed by atoms with E-state index in [0.29, 0.717) is 25.7 Å². The number of hydrogen-bond donors (Lipinski definition) is 1. The largest absolute Gasteiger partial charge is 0.460 e. The number of ether oxygens (including phenoxy) is 2. The fourth-order valence-corrected chi connectivity index (χ4v) is 3.89. The predicted octanol–water partition coefficient (Wildman–Crippen LogP) is 4.03. The molecule has 0 amide bonds. The van der Waals surface area contributed by atoms with Gasteiger partial charge in [0.2, 0.25) is 0 Å². The van der Waals surface area contributed by atoms with Crippen molar-refractivity contribution in [3.63, 3.8) is 0 Å². The van der Waals surface area contributed by atoms with Gasteiger partial charge in [0.15, 0.2) is 5.78 Å². The van der Waals surface area contributed by atoms with Crippen molar-refractivity contribution < 1.29 is 24.2 Å².